The zero-order valence-corrected chi connectivity index (χ0v) is 12.7. The fourth-order valence-corrected chi connectivity index (χ4v) is 1.90. The fourth-order valence-electron chi connectivity index (χ4n) is 1.90. The number of aliphatic imine (C=N–C) groups is 1. The Morgan fingerprint density at radius 2 is 1.90 bits per heavy atom. The molecule has 1 atom stereocenters. The number of guanidine groups is 1. The number of methoxy groups -OCH3 is 1. The van der Waals surface area contributed by atoms with E-state index in [-0.39, 0.29) is 0 Å². The molecule has 6 heteroatoms. The largest absolute Gasteiger partial charge is 0.497 e. The maximum absolute atomic E-state index is 12.1. The number of hydrogen-bond donors (Lipinski definition) is 2. The van der Waals surface area contributed by atoms with Gasteiger partial charge in [-0.15, -0.1) is 0 Å². The Labute approximate surface area is 124 Å². The molecule has 0 aliphatic rings. The van der Waals surface area contributed by atoms with Crippen molar-refractivity contribution < 1.29 is 13.5 Å². The van der Waals surface area contributed by atoms with Crippen LogP contribution in [0.1, 0.15) is 24.8 Å². The molecule has 0 aromatic heterocycles. The minimum absolute atomic E-state index is 0.358. The number of benzene rings is 1. The van der Waals surface area contributed by atoms with Crippen molar-refractivity contribution in [3.63, 3.8) is 0 Å². The van der Waals surface area contributed by atoms with Crippen LogP contribution in [-0.4, -0.2) is 39.6 Å². The molecule has 0 saturated heterocycles. The van der Waals surface area contributed by atoms with E-state index >= 15 is 0 Å². The summed E-state index contributed by atoms with van der Waals surface area (Å²) in [5.41, 5.74) is 1.22. The number of hydrogen-bond acceptors (Lipinski definition) is 2. The van der Waals surface area contributed by atoms with Crippen LogP contribution >= 0.6 is 0 Å². The van der Waals surface area contributed by atoms with Gasteiger partial charge >= 0.3 is 0 Å². The average molecular weight is 299 g/mol. The highest BCUT2D eigenvalue weighted by atomic mass is 19.3. The van der Waals surface area contributed by atoms with E-state index in [0.29, 0.717) is 18.4 Å². The monoisotopic (exact) mass is 299 g/mol. The predicted molar refractivity (Wildman–Crippen MR) is 81.4 cm³/mol. The summed E-state index contributed by atoms with van der Waals surface area (Å²) in [4.78, 5) is 3.90. The third kappa shape index (κ3) is 6.42. The van der Waals surface area contributed by atoms with E-state index in [9.17, 15) is 8.78 Å². The first kappa shape index (κ1) is 17.2. The third-order valence-corrected chi connectivity index (χ3v) is 3.20. The quantitative estimate of drug-likeness (QED) is 0.601. The topological polar surface area (TPSA) is 45.7 Å². The van der Waals surface area contributed by atoms with Crippen molar-refractivity contribution in [3.05, 3.63) is 29.8 Å². The molecule has 118 valence electrons. The van der Waals surface area contributed by atoms with Crippen LogP contribution in [0.3, 0.4) is 0 Å². The lowest BCUT2D eigenvalue weighted by Gasteiger charge is -2.15. The second kappa shape index (κ2) is 9.15. The molecule has 0 heterocycles. The summed E-state index contributed by atoms with van der Waals surface area (Å²) in [7, 11) is 3.20. The molecular formula is C15H23F2N3O. The SMILES string of the molecule is CN=C(NCCC(C)c1ccc(OC)cc1)NCC(F)F. The summed E-state index contributed by atoms with van der Waals surface area (Å²) < 4.78 is 29.3. The van der Waals surface area contributed by atoms with Crippen molar-refractivity contribution in [2.75, 3.05) is 27.2 Å². The lowest BCUT2D eigenvalue weighted by atomic mass is 9.98. The van der Waals surface area contributed by atoms with Crippen molar-refractivity contribution in [2.24, 2.45) is 4.99 Å². The first-order valence-electron chi connectivity index (χ1n) is 6.93. The zero-order chi connectivity index (χ0) is 15.7. The number of nitrogens with zero attached hydrogens (tertiary/aromatic N) is 1. The minimum Gasteiger partial charge on any atom is -0.497 e. The van der Waals surface area contributed by atoms with E-state index in [1.165, 1.54) is 5.56 Å². The van der Waals surface area contributed by atoms with Crippen molar-refractivity contribution >= 4 is 5.96 Å². The van der Waals surface area contributed by atoms with E-state index in [1.807, 2.05) is 24.3 Å². The van der Waals surface area contributed by atoms with Gasteiger partial charge in [0.2, 0.25) is 0 Å². The summed E-state index contributed by atoms with van der Waals surface area (Å²) >= 11 is 0. The summed E-state index contributed by atoms with van der Waals surface area (Å²) in [6.07, 6.45) is -1.51. The van der Waals surface area contributed by atoms with Gasteiger partial charge < -0.3 is 15.4 Å². The third-order valence-electron chi connectivity index (χ3n) is 3.20. The normalized spacial score (nSPS) is 13.1. The molecule has 21 heavy (non-hydrogen) atoms. The van der Waals surface area contributed by atoms with E-state index in [4.69, 9.17) is 4.74 Å². The van der Waals surface area contributed by atoms with Gasteiger partial charge in [-0.1, -0.05) is 19.1 Å². The standard InChI is InChI=1S/C15H23F2N3O/c1-11(12-4-6-13(21-3)7-5-12)8-9-19-15(18-2)20-10-14(16)17/h4-7,11,14H,8-10H2,1-3H3,(H2,18,19,20). The Morgan fingerprint density at radius 1 is 1.24 bits per heavy atom. The van der Waals surface area contributed by atoms with Crippen molar-refractivity contribution in [2.45, 2.75) is 25.7 Å². The summed E-state index contributed by atoms with van der Waals surface area (Å²) in [6.45, 7) is 2.39. The van der Waals surface area contributed by atoms with Gasteiger partial charge in [-0.3, -0.25) is 4.99 Å². The molecule has 0 saturated carbocycles. The van der Waals surface area contributed by atoms with Crippen LogP contribution in [0.4, 0.5) is 8.78 Å². The lowest BCUT2D eigenvalue weighted by Crippen LogP contribution is -2.40. The average Bonchev–Trinajstić information content (AvgIpc) is 2.50. The van der Waals surface area contributed by atoms with Crippen LogP contribution in [0.25, 0.3) is 0 Å². The Bertz CT molecular complexity index is 435. The molecule has 0 fully saturated rings. The first-order valence-corrected chi connectivity index (χ1v) is 6.93. The maximum atomic E-state index is 12.1. The van der Waals surface area contributed by atoms with Crippen LogP contribution in [0.2, 0.25) is 0 Å². The van der Waals surface area contributed by atoms with Crippen molar-refractivity contribution in [3.8, 4) is 5.75 Å². The molecule has 1 rings (SSSR count). The Hall–Kier alpha value is -1.85. The summed E-state index contributed by atoms with van der Waals surface area (Å²) in [5.74, 6) is 1.59. The van der Waals surface area contributed by atoms with E-state index in [1.54, 1.807) is 14.2 Å². The molecule has 1 unspecified atom stereocenters. The van der Waals surface area contributed by atoms with Gasteiger partial charge in [0.25, 0.3) is 6.43 Å². The number of nitrogens with one attached hydrogen (secondary N) is 2. The van der Waals surface area contributed by atoms with E-state index < -0.39 is 13.0 Å². The number of alkyl halides is 2. The van der Waals surface area contributed by atoms with Crippen LogP contribution in [0.15, 0.2) is 29.3 Å². The van der Waals surface area contributed by atoms with Crippen LogP contribution in [-0.2, 0) is 0 Å². The smallest absolute Gasteiger partial charge is 0.255 e. The molecule has 4 nitrogen and oxygen atoms in total. The predicted octanol–water partition coefficient (Wildman–Crippen LogP) is 2.62. The highest BCUT2D eigenvalue weighted by molar-refractivity contribution is 5.79. The fraction of sp³-hybridized carbons (Fsp3) is 0.533. The Morgan fingerprint density at radius 3 is 2.43 bits per heavy atom. The molecular weight excluding hydrogens is 276 g/mol. The molecule has 0 spiro atoms. The van der Waals surface area contributed by atoms with Gasteiger partial charge in [0.05, 0.1) is 13.7 Å². The van der Waals surface area contributed by atoms with Crippen LogP contribution in [0.5, 0.6) is 5.75 Å². The molecule has 0 aliphatic carbocycles. The summed E-state index contributed by atoms with van der Waals surface area (Å²) in [6, 6.07) is 7.94. The minimum atomic E-state index is -2.39. The highest BCUT2D eigenvalue weighted by Crippen LogP contribution is 2.21. The molecule has 1 aromatic rings. The van der Waals surface area contributed by atoms with Crippen molar-refractivity contribution in [1.29, 1.82) is 0 Å². The van der Waals surface area contributed by atoms with Gasteiger partial charge in [0.1, 0.15) is 5.75 Å². The number of halogens is 2. The molecule has 0 aliphatic heterocycles. The second-order valence-electron chi connectivity index (χ2n) is 4.73. The molecule has 1 aromatic carbocycles. The van der Waals surface area contributed by atoms with Gasteiger partial charge in [-0.05, 0) is 30.0 Å². The van der Waals surface area contributed by atoms with Crippen LogP contribution in [0, 0.1) is 0 Å². The highest BCUT2D eigenvalue weighted by Gasteiger charge is 2.07. The maximum Gasteiger partial charge on any atom is 0.255 e. The van der Waals surface area contributed by atoms with Crippen LogP contribution < -0.4 is 15.4 Å². The molecule has 0 amide bonds. The molecule has 0 bridgehead atoms. The van der Waals surface area contributed by atoms with Gasteiger partial charge in [0.15, 0.2) is 5.96 Å². The van der Waals surface area contributed by atoms with E-state index in [0.717, 1.165) is 12.2 Å². The number of ether oxygens (including phenoxy) is 1. The summed E-state index contributed by atoms with van der Waals surface area (Å²) in [5, 5.41) is 5.60. The number of rotatable bonds is 7. The molecule has 2 N–H and O–H groups in total. The lowest BCUT2D eigenvalue weighted by molar-refractivity contribution is 0.152. The van der Waals surface area contributed by atoms with Gasteiger partial charge in [-0.25, -0.2) is 8.78 Å². The van der Waals surface area contributed by atoms with Crippen molar-refractivity contribution in [1.82, 2.24) is 10.6 Å². The Balaban J connectivity index is 2.36. The van der Waals surface area contributed by atoms with E-state index in [2.05, 4.69) is 22.5 Å². The van der Waals surface area contributed by atoms with Gasteiger partial charge in [0, 0.05) is 13.6 Å². The second-order valence-corrected chi connectivity index (χ2v) is 4.73. The Kier molecular flexibility index (Phi) is 7.50. The molecule has 0 radical (unpaired) electrons. The van der Waals surface area contributed by atoms with Gasteiger partial charge in [-0.2, -0.15) is 0 Å². The first-order chi connectivity index (χ1) is 10.1. The zero-order valence-electron chi connectivity index (χ0n) is 12.7.